The van der Waals surface area contributed by atoms with Crippen molar-refractivity contribution in [3.8, 4) is 0 Å². The largest absolute Gasteiger partial charge is 0.302 e. The number of aryl methyl sites for hydroxylation is 1. The molecule has 2 nitrogen and oxygen atoms in total. The fourth-order valence-electron chi connectivity index (χ4n) is 4.52. The molecule has 2 aliphatic heterocycles. The molecule has 2 heteroatoms. The lowest BCUT2D eigenvalue weighted by atomic mass is 9.92. The van der Waals surface area contributed by atoms with E-state index in [1.54, 1.807) is 5.57 Å². The molecule has 0 atom stereocenters. The molecule has 2 aromatic rings. The Morgan fingerprint density at radius 2 is 1.63 bits per heavy atom. The Balaban J connectivity index is 0.000000205. The average molecular weight is 465 g/mol. The number of amidine groups is 1. The second kappa shape index (κ2) is 12.9. The van der Waals surface area contributed by atoms with Crippen LogP contribution in [0.25, 0.3) is 11.3 Å². The van der Waals surface area contributed by atoms with E-state index in [1.165, 1.54) is 35.1 Å². The van der Waals surface area contributed by atoms with Crippen LogP contribution in [-0.2, 0) is 0 Å². The number of aliphatic imine (C=N–C) groups is 1. The molecule has 0 spiro atoms. The highest BCUT2D eigenvalue weighted by atomic mass is 15.2. The van der Waals surface area contributed by atoms with Crippen molar-refractivity contribution in [2.75, 3.05) is 0 Å². The number of hydrogen-bond acceptors (Lipinski definition) is 2. The smallest absolute Gasteiger partial charge is 0.137 e. The number of nitrogens with zero attached hydrogens (tertiary/aromatic N) is 2. The molecule has 0 saturated heterocycles. The van der Waals surface area contributed by atoms with Gasteiger partial charge in [0.15, 0.2) is 0 Å². The summed E-state index contributed by atoms with van der Waals surface area (Å²) in [4.78, 5) is 6.91. The van der Waals surface area contributed by atoms with Crippen LogP contribution in [0.5, 0.6) is 0 Å². The predicted molar refractivity (Wildman–Crippen MR) is 154 cm³/mol. The van der Waals surface area contributed by atoms with Crippen LogP contribution in [0.15, 0.2) is 107 Å². The second-order valence-electron chi connectivity index (χ2n) is 9.11. The summed E-state index contributed by atoms with van der Waals surface area (Å²) in [7, 11) is 0. The lowest BCUT2D eigenvalue weighted by Gasteiger charge is -2.31. The molecule has 0 aliphatic carbocycles. The molecule has 0 aromatic heterocycles. The topological polar surface area (TPSA) is 15.6 Å². The fourth-order valence-corrected chi connectivity index (χ4v) is 4.52. The zero-order valence-electron chi connectivity index (χ0n) is 22.1. The van der Waals surface area contributed by atoms with Gasteiger partial charge in [-0.15, -0.1) is 0 Å². The Hall–Kier alpha value is -3.39. The summed E-state index contributed by atoms with van der Waals surface area (Å²) < 4.78 is 0. The van der Waals surface area contributed by atoms with E-state index in [-0.39, 0.29) is 0 Å². The quantitative estimate of drug-likeness (QED) is 0.398. The van der Waals surface area contributed by atoms with Gasteiger partial charge in [0.1, 0.15) is 5.84 Å². The number of allylic oxidation sites excluding steroid dienone is 5. The number of hydrogen-bond donors (Lipinski definition) is 0. The summed E-state index contributed by atoms with van der Waals surface area (Å²) in [6.45, 7) is 15.4. The third kappa shape index (κ3) is 6.39. The van der Waals surface area contributed by atoms with Crippen molar-refractivity contribution in [3.63, 3.8) is 0 Å². The Labute approximate surface area is 212 Å². The molecule has 2 aromatic carbocycles. The van der Waals surface area contributed by atoms with Crippen LogP contribution in [0.1, 0.15) is 76.5 Å². The van der Waals surface area contributed by atoms with Gasteiger partial charge in [-0.05, 0) is 62.0 Å². The van der Waals surface area contributed by atoms with Crippen LogP contribution in [-0.4, -0.2) is 10.7 Å². The summed E-state index contributed by atoms with van der Waals surface area (Å²) in [6.07, 6.45) is 13.7. The van der Waals surface area contributed by atoms with E-state index in [2.05, 4.69) is 94.6 Å². The van der Waals surface area contributed by atoms with Gasteiger partial charge in [-0.3, -0.25) is 0 Å². The molecule has 0 unspecified atom stereocenters. The van der Waals surface area contributed by atoms with E-state index < -0.39 is 0 Å². The van der Waals surface area contributed by atoms with Gasteiger partial charge in [0.2, 0.25) is 0 Å². The van der Waals surface area contributed by atoms with E-state index >= 15 is 0 Å². The number of benzene rings is 2. The van der Waals surface area contributed by atoms with E-state index in [9.17, 15) is 0 Å². The lowest BCUT2D eigenvalue weighted by Crippen LogP contribution is -2.29. The SMILES string of the molecule is C=C1C(CCC)=C(c2ccccc2)N=C2C=CC=CN12.CCC/C(=C(/C)CC)c1ccccc1C. The van der Waals surface area contributed by atoms with Gasteiger partial charge < -0.3 is 4.90 Å². The first-order chi connectivity index (χ1) is 17.0. The normalized spacial score (nSPS) is 15.3. The van der Waals surface area contributed by atoms with Gasteiger partial charge >= 0.3 is 0 Å². The highest BCUT2D eigenvalue weighted by Crippen LogP contribution is 2.35. The van der Waals surface area contributed by atoms with Gasteiger partial charge in [0.25, 0.3) is 0 Å². The molecule has 2 heterocycles. The maximum Gasteiger partial charge on any atom is 0.137 e. The summed E-state index contributed by atoms with van der Waals surface area (Å²) in [5, 5.41) is 0. The number of fused-ring (bicyclic) bond motifs is 1. The minimum atomic E-state index is 0.941. The molecular weight excluding hydrogens is 424 g/mol. The van der Waals surface area contributed by atoms with Crippen molar-refractivity contribution in [3.05, 3.63) is 119 Å². The molecule has 0 bridgehead atoms. The first kappa shape index (κ1) is 26.2. The molecule has 0 saturated carbocycles. The van der Waals surface area contributed by atoms with E-state index in [0.717, 1.165) is 42.1 Å². The zero-order chi connectivity index (χ0) is 25.2. The third-order valence-electron chi connectivity index (χ3n) is 6.55. The molecular formula is C33H40N2. The second-order valence-corrected chi connectivity index (χ2v) is 9.11. The van der Waals surface area contributed by atoms with Crippen LogP contribution in [0, 0.1) is 6.92 Å². The minimum absolute atomic E-state index is 0.941. The molecule has 0 fully saturated rings. The molecule has 35 heavy (non-hydrogen) atoms. The summed E-state index contributed by atoms with van der Waals surface area (Å²) in [6, 6.07) is 19.1. The van der Waals surface area contributed by atoms with E-state index in [4.69, 9.17) is 4.99 Å². The van der Waals surface area contributed by atoms with Crippen molar-refractivity contribution in [1.82, 2.24) is 4.90 Å². The Morgan fingerprint density at radius 1 is 0.914 bits per heavy atom. The monoisotopic (exact) mass is 464 g/mol. The molecule has 2 aliphatic rings. The summed E-state index contributed by atoms with van der Waals surface area (Å²) in [5.41, 5.74) is 10.4. The summed E-state index contributed by atoms with van der Waals surface area (Å²) in [5.74, 6) is 0.941. The van der Waals surface area contributed by atoms with Crippen LogP contribution in [0.2, 0.25) is 0 Å². The first-order valence-electron chi connectivity index (χ1n) is 13.0. The van der Waals surface area contributed by atoms with Gasteiger partial charge in [-0.2, -0.15) is 0 Å². The van der Waals surface area contributed by atoms with Crippen LogP contribution < -0.4 is 0 Å². The molecule has 0 N–H and O–H groups in total. The van der Waals surface area contributed by atoms with Crippen molar-refractivity contribution < 1.29 is 0 Å². The zero-order valence-corrected chi connectivity index (χ0v) is 22.1. The van der Waals surface area contributed by atoms with E-state index in [1.807, 2.05) is 30.5 Å². The molecule has 182 valence electrons. The fraction of sp³-hybridized carbons (Fsp3) is 0.303. The Morgan fingerprint density at radius 3 is 2.29 bits per heavy atom. The van der Waals surface area contributed by atoms with E-state index in [0.29, 0.717) is 0 Å². The lowest BCUT2D eigenvalue weighted by molar-refractivity contribution is 0.676. The Kier molecular flexibility index (Phi) is 9.66. The maximum absolute atomic E-state index is 4.85. The third-order valence-corrected chi connectivity index (χ3v) is 6.55. The average Bonchev–Trinajstić information content (AvgIpc) is 2.90. The van der Waals surface area contributed by atoms with Crippen molar-refractivity contribution in [2.24, 2.45) is 4.99 Å². The van der Waals surface area contributed by atoms with Crippen molar-refractivity contribution in [2.45, 2.75) is 66.7 Å². The maximum atomic E-state index is 4.85. The van der Waals surface area contributed by atoms with Crippen LogP contribution in [0.3, 0.4) is 0 Å². The standard InChI is InChI=1S/C18H18N2.C15H22/c1-3-9-16-14(2)20-13-8-7-12-17(20)19-18(16)15-10-5-4-6-11-15;1-5-9-14(12(3)6-2)15-11-8-7-10-13(15)4/h4-8,10-13H,2-3,9H2,1H3;7-8,10-11H,5-6,9H2,1-4H3/b;14-12+. The first-order valence-corrected chi connectivity index (χ1v) is 13.0. The minimum Gasteiger partial charge on any atom is -0.302 e. The van der Waals surface area contributed by atoms with Gasteiger partial charge in [-0.1, -0.05) is 106 Å². The molecule has 4 rings (SSSR count). The van der Waals surface area contributed by atoms with Crippen LogP contribution >= 0.6 is 0 Å². The van der Waals surface area contributed by atoms with Crippen molar-refractivity contribution in [1.29, 1.82) is 0 Å². The summed E-state index contributed by atoms with van der Waals surface area (Å²) >= 11 is 0. The highest BCUT2D eigenvalue weighted by Gasteiger charge is 2.24. The predicted octanol–water partition coefficient (Wildman–Crippen LogP) is 9.49. The Bertz CT molecular complexity index is 1170. The van der Waals surface area contributed by atoms with Crippen LogP contribution in [0.4, 0.5) is 0 Å². The molecule has 0 amide bonds. The van der Waals surface area contributed by atoms with Gasteiger partial charge in [-0.25, -0.2) is 4.99 Å². The molecule has 0 radical (unpaired) electrons. The van der Waals surface area contributed by atoms with Gasteiger partial charge in [0.05, 0.1) is 5.70 Å². The van der Waals surface area contributed by atoms with Crippen molar-refractivity contribution >= 4 is 17.1 Å². The van der Waals surface area contributed by atoms with Gasteiger partial charge in [0, 0.05) is 23.0 Å². The number of rotatable bonds is 7. The highest BCUT2D eigenvalue weighted by molar-refractivity contribution is 6.02.